The first-order valence-electron chi connectivity index (χ1n) is 8.54. The van der Waals surface area contributed by atoms with Gasteiger partial charge in [0.1, 0.15) is 17.1 Å². The van der Waals surface area contributed by atoms with Crippen molar-refractivity contribution in [2.75, 3.05) is 6.54 Å². The van der Waals surface area contributed by atoms with Crippen LogP contribution in [0.4, 0.5) is 18.0 Å². The van der Waals surface area contributed by atoms with Crippen molar-refractivity contribution in [2.45, 2.75) is 39.0 Å². The van der Waals surface area contributed by atoms with Crippen LogP contribution in [-0.4, -0.2) is 18.2 Å². The minimum atomic E-state index is -4.51. The van der Waals surface area contributed by atoms with Crippen LogP contribution >= 0.6 is 11.6 Å². The Kier molecular flexibility index (Phi) is 6.82. The van der Waals surface area contributed by atoms with E-state index in [0.29, 0.717) is 18.7 Å². The molecule has 0 saturated carbocycles. The van der Waals surface area contributed by atoms with E-state index >= 15 is 0 Å². The van der Waals surface area contributed by atoms with Gasteiger partial charge < -0.3 is 14.8 Å². The molecule has 0 fully saturated rings. The first-order chi connectivity index (χ1) is 12.9. The van der Waals surface area contributed by atoms with Crippen molar-refractivity contribution in [3.8, 4) is 11.5 Å². The number of ether oxygens (including phenoxy) is 2. The molecule has 0 radical (unpaired) electrons. The lowest BCUT2D eigenvalue weighted by atomic mass is 10.1. The van der Waals surface area contributed by atoms with Gasteiger partial charge in [-0.05, 0) is 57.0 Å². The van der Waals surface area contributed by atoms with Gasteiger partial charge in [0.25, 0.3) is 0 Å². The Balaban J connectivity index is 1.89. The van der Waals surface area contributed by atoms with E-state index in [-0.39, 0.29) is 5.75 Å². The summed E-state index contributed by atoms with van der Waals surface area (Å²) in [4.78, 5) is 11.6. The summed E-state index contributed by atoms with van der Waals surface area (Å²) in [6.45, 7) is 5.77. The highest BCUT2D eigenvalue weighted by Gasteiger charge is 2.33. The smallest absolute Gasteiger partial charge is 0.417 e. The monoisotopic (exact) mass is 415 g/mol. The number of carbonyl (C=O) groups excluding carboxylic acids is 1. The maximum Gasteiger partial charge on any atom is 0.417 e. The number of amides is 1. The van der Waals surface area contributed by atoms with E-state index in [2.05, 4.69) is 5.32 Å². The minimum Gasteiger partial charge on any atom is -0.457 e. The van der Waals surface area contributed by atoms with Crippen LogP contribution in [0.3, 0.4) is 0 Å². The molecule has 0 aliphatic rings. The predicted octanol–water partition coefficient (Wildman–Crippen LogP) is 6.22. The average Bonchev–Trinajstić information content (AvgIpc) is 2.53. The zero-order valence-corrected chi connectivity index (χ0v) is 16.4. The Hall–Kier alpha value is -2.41. The second kappa shape index (κ2) is 8.73. The van der Waals surface area contributed by atoms with Crippen LogP contribution in [-0.2, 0) is 17.3 Å². The topological polar surface area (TPSA) is 47.6 Å². The van der Waals surface area contributed by atoms with E-state index in [1.807, 2.05) is 0 Å². The molecular weight excluding hydrogens is 395 g/mol. The van der Waals surface area contributed by atoms with Crippen LogP contribution in [0.25, 0.3) is 0 Å². The van der Waals surface area contributed by atoms with E-state index < -0.39 is 28.5 Å². The fraction of sp³-hybridized carbons (Fsp3) is 0.350. The molecule has 152 valence electrons. The van der Waals surface area contributed by atoms with Crippen molar-refractivity contribution < 1.29 is 27.4 Å². The fourth-order valence-corrected chi connectivity index (χ4v) is 2.55. The van der Waals surface area contributed by atoms with Crippen LogP contribution in [0.1, 0.15) is 31.9 Å². The lowest BCUT2D eigenvalue weighted by Crippen LogP contribution is -2.33. The third kappa shape index (κ3) is 6.96. The van der Waals surface area contributed by atoms with Crippen LogP contribution < -0.4 is 10.1 Å². The highest BCUT2D eigenvalue weighted by Crippen LogP contribution is 2.37. The van der Waals surface area contributed by atoms with Gasteiger partial charge in [-0.1, -0.05) is 23.7 Å². The molecule has 0 unspecified atom stereocenters. The lowest BCUT2D eigenvalue weighted by Gasteiger charge is -2.19. The van der Waals surface area contributed by atoms with Crippen molar-refractivity contribution in [1.29, 1.82) is 0 Å². The van der Waals surface area contributed by atoms with Gasteiger partial charge in [-0.2, -0.15) is 13.2 Å². The number of alkyl carbamates (subject to hydrolysis) is 1. The molecule has 1 N–H and O–H groups in total. The molecule has 0 aliphatic carbocycles. The molecule has 0 aliphatic heterocycles. The zero-order chi connectivity index (χ0) is 20.9. The van der Waals surface area contributed by atoms with E-state index in [0.717, 1.165) is 17.7 Å². The Morgan fingerprint density at radius 3 is 2.18 bits per heavy atom. The number of halogens is 4. The van der Waals surface area contributed by atoms with Gasteiger partial charge in [-0.3, -0.25) is 0 Å². The second-order valence-corrected chi connectivity index (χ2v) is 7.47. The second-order valence-electron chi connectivity index (χ2n) is 7.06. The molecule has 1 amide bonds. The SMILES string of the molecule is CC(C)(C)OC(=O)NCCc1ccc(Oc2ccc(C(F)(F)F)c(Cl)c2)cc1. The maximum absolute atomic E-state index is 12.7. The number of hydrogen-bond acceptors (Lipinski definition) is 3. The third-order valence-corrected chi connectivity index (χ3v) is 3.80. The number of hydrogen-bond donors (Lipinski definition) is 1. The summed E-state index contributed by atoms with van der Waals surface area (Å²) in [5.74, 6) is 0.664. The van der Waals surface area contributed by atoms with Crippen LogP contribution in [0, 0.1) is 0 Å². The first kappa shape index (κ1) is 21.9. The summed E-state index contributed by atoms with van der Waals surface area (Å²) >= 11 is 5.68. The Bertz CT molecular complexity index is 815. The Labute approximate surface area is 166 Å². The van der Waals surface area contributed by atoms with Gasteiger partial charge in [0.15, 0.2) is 0 Å². The van der Waals surface area contributed by atoms with Gasteiger partial charge >= 0.3 is 12.3 Å². The Morgan fingerprint density at radius 2 is 1.64 bits per heavy atom. The molecule has 0 saturated heterocycles. The zero-order valence-electron chi connectivity index (χ0n) is 15.7. The van der Waals surface area contributed by atoms with E-state index in [1.54, 1.807) is 45.0 Å². The summed E-state index contributed by atoms with van der Waals surface area (Å²) in [5.41, 5.74) is -0.507. The summed E-state index contributed by atoms with van der Waals surface area (Å²) in [7, 11) is 0. The summed E-state index contributed by atoms with van der Waals surface area (Å²) < 4.78 is 48.9. The first-order valence-corrected chi connectivity index (χ1v) is 8.92. The van der Waals surface area contributed by atoms with Crippen LogP contribution in [0.15, 0.2) is 42.5 Å². The fourth-order valence-electron chi connectivity index (χ4n) is 2.27. The molecule has 8 heteroatoms. The van der Waals surface area contributed by atoms with Gasteiger partial charge in [0.2, 0.25) is 0 Å². The van der Waals surface area contributed by atoms with Crippen molar-refractivity contribution in [2.24, 2.45) is 0 Å². The summed E-state index contributed by atoms with van der Waals surface area (Å²) in [6, 6.07) is 10.2. The highest BCUT2D eigenvalue weighted by atomic mass is 35.5. The molecule has 0 spiro atoms. The number of benzene rings is 2. The number of alkyl halides is 3. The van der Waals surface area contributed by atoms with Gasteiger partial charge in [-0.25, -0.2) is 4.79 Å². The standard InChI is InChI=1S/C20H21ClF3NO3/c1-19(2,3)28-18(26)25-11-10-13-4-6-14(7-5-13)27-15-8-9-16(17(21)12-15)20(22,23)24/h4-9,12H,10-11H2,1-3H3,(H,25,26). The number of nitrogens with one attached hydrogen (secondary N) is 1. The number of rotatable bonds is 5. The molecular formula is C20H21ClF3NO3. The van der Waals surface area contributed by atoms with Gasteiger partial charge in [0.05, 0.1) is 10.6 Å². The summed E-state index contributed by atoms with van der Waals surface area (Å²) in [5, 5.41) is 2.25. The molecule has 0 heterocycles. The Morgan fingerprint density at radius 1 is 1.04 bits per heavy atom. The molecule has 2 aromatic rings. The van der Waals surface area contributed by atoms with E-state index in [1.165, 1.54) is 6.07 Å². The lowest BCUT2D eigenvalue weighted by molar-refractivity contribution is -0.137. The van der Waals surface area contributed by atoms with Crippen LogP contribution in [0.2, 0.25) is 5.02 Å². The van der Waals surface area contributed by atoms with Gasteiger partial charge in [-0.15, -0.1) is 0 Å². The highest BCUT2D eigenvalue weighted by molar-refractivity contribution is 6.31. The number of carbonyl (C=O) groups is 1. The summed E-state index contributed by atoms with van der Waals surface area (Å²) in [6.07, 6.45) is -4.40. The van der Waals surface area contributed by atoms with Gasteiger partial charge in [0, 0.05) is 12.6 Å². The molecule has 0 atom stereocenters. The van der Waals surface area contributed by atoms with Crippen molar-refractivity contribution >= 4 is 17.7 Å². The molecule has 0 bridgehead atoms. The van der Waals surface area contributed by atoms with E-state index in [9.17, 15) is 18.0 Å². The normalized spacial score (nSPS) is 11.8. The minimum absolute atomic E-state index is 0.206. The quantitative estimate of drug-likeness (QED) is 0.630. The predicted molar refractivity (Wildman–Crippen MR) is 101 cm³/mol. The van der Waals surface area contributed by atoms with E-state index in [4.69, 9.17) is 21.1 Å². The maximum atomic E-state index is 12.7. The van der Waals surface area contributed by atoms with Crippen molar-refractivity contribution in [3.05, 3.63) is 58.6 Å². The third-order valence-electron chi connectivity index (χ3n) is 3.49. The average molecular weight is 416 g/mol. The van der Waals surface area contributed by atoms with Crippen LogP contribution in [0.5, 0.6) is 11.5 Å². The van der Waals surface area contributed by atoms with Crippen molar-refractivity contribution in [3.63, 3.8) is 0 Å². The molecule has 0 aromatic heterocycles. The van der Waals surface area contributed by atoms with Crippen molar-refractivity contribution in [1.82, 2.24) is 5.32 Å². The molecule has 2 aromatic carbocycles. The molecule has 4 nitrogen and oxygen atoms in total. The largest absolute Gasteiger partial charge is 0.457 e. The molecule has 2 rings (SSSR count). The molecule has 28 heavy (non-hydrogen) atoms.